The molecule has 4 rings (SSSR count). The molecule has 0 bridgehead atoms. The van der Waals surface area contributed by atoms with E-state index in [0.29, 0.717) is 6.04 Å². The summed E-state index contributed by atoms with van der Waals surface area (Å²) in [7, 11) is 0. The molecule has 4 heterocycles. The van der Waals surface area contributed by atoms with Gasteiger partial charge in [-0.15, -0.1) is 0 Å². The van der Waals surface area contributed by atoms with Crippen LogP contribution in [0.3, 0.4) is 0 Å². The smallest absolute Gasteiger partial charge is 0.157 e. The van der Waals surface area contributed by atoms with Crippen LogP contribution in [0.15, 0.2) is 35.2 Å². The highest BCUT2D eigenvalue weighted by Gasteiger charge is 2.26. The summed E-state index contributed by atoms with van der Waals surface area (Å²) < 4.78 is 4.97. The maximum atomic E-state index is 4.50. The van der Waals surface area contributed by atoms with E-state index in [1.807, 2.05) is 34.6 Å². The molecule has 21 heavy (non-hydrogen) atoms. The highest BCUT2D eigenvalue weighted by molar-refractivity contribution is 9.10. The minimum Gasteiger partial charge on any atom is -0.354 e. The lowest BCUT2D eigenvalue weighted by Crippen LogP contribution is -2.24. The Labute approximate surface area is 130 Å². The molecule has 1 saturated heterocycles. The molecule has 7 heteroatoms. The Morgan fingerprint density at radius 1 is 1.33 bits per heavy atom. The van der Waals surface area contributed by atoms with Crippen LogP contribution in [-0.4, -0.2) is 37.5 Å². The van der Waals surface area contributed by atoms with Crippen LogP contribution in [0.2, 0.25) is 0 Å². The Hall–Kier alpha value is -1.89. The van der Waals surface area contributed by atoms with Crippen LogP contribution in [-0.2, 0) is 0 Å². The summed E-state index contributed by atoms with van der Waals surface area (Å²) in [5.74, 6) is 1.11. The zero-order chi connectivity index (χ0) is 14.4. The Balaban J connectivity index is 1.66. The highest BCUT2D eigenvalue weighted by atomic mass is 79.9. The fraction of sp³-hybridized carbons (Fsp3) is 0.357. The monoisotopic (exact) mass is 346 g/mol. The number of rotatable bonds is 2. The van der Waals surface area contributed by atoms with Crippen LogP contribution >= 0.6 is 15.9 Å². The van der Waals surface area contributed by atoms with E-state index in [-0.39, 0.29) is 0 Å². The average molecular weight is 347 g/mol. The number of aryl methyl sites for hydroxylation is 1. The molecule has 0 amide bonds. The van der Waals surface area contributed by atoms with Crippen molar-refractivity contribution >= 4 is 27.4 Å². The largest absolute Gasteiger partial charge is 0.354 e. The van der Waals surface area contributed by atoms with E-state index in [9.17, 15) is 0 Å². The van der Waals surface area contributed by atoms with Crippen molar-refractivity contribution in [3.63, 3.8) is 0 Å². The maximum Gasteiger partial charge on any atom is 0.157 e. The third-order valence-corrected chi connectivity index (χ3v) is 4.31. The first kappa shape index (κ1) is 12.8. The van der Waals surface area contributed by atoms with E-state index in [0.717, 1.165) is 41.1 Å². The lowest BCUT2D eigenvalue weighted by Gasteiger charge is -2.20. The third kappa shape index (κ3) is 2.21. The van der Waals surface area contributed by atoms with Gasteiger partial charge in [-0.2, -0.15) is 14.7 Å². The molecule has 6 nitrogen and oxygen atoms in total. The Kier molecular flexibility index (Phi) is 2.95. The molecule has 1 aliphatic heterocycles. The van der Waals surface area contributed by atoms with Gasteiger partial charge in [0.25, 0.3) is 0 Å². The fourth-order valence-corrected chi connectivity index (χ4v) is 3.23. The molecule has 3 aromatic rings. The molecule has 108 valence electrons. The molecule has 1 unspecified atom stereocenters. The number of fused-ring (bicyclic) bond motifs is 1. The summed E-state index contributed by atoms with van der Waals surface area (Å²) in [4.78, 5) is 6.85. The van der Waals surface area contributed by atoms with Crippen molar-refractivity contribution in [3.8, 4) is 0 Å². The summed E-state index contributed by atoms with van der Waals surface area (Å²) in [5.41, 5.74) is 1.92. The van der Waals surface area contributed by atoms with E-state index in [4.69, 9.17) is 0 Å². The molecule has 1 atom stereocenters. The van der Waals surface area contributed by atoms with Crippen molar-refractivity contribution < 1.29 is 0 Å². The minimum atomic E-state index is 0.399. The van der Waals surface area contributed by atoms with Gasteiger partial charge in [-0.25, -0.2) is 4.98 Å². The second-order valence-corrected chi connectivity index (χ2v) is 6.30. The number of aromatic nitrogens is 5. The molecule has 0 radical (unpaired) electrons. The van der Waals surface area contributed by atoms with Crippen LogP contribution in [0.25, 0.3) is 5.65 Å². The van der Waals surface area contributed by atoms with Gasteiger partial charge in [0.2, 0.25) is 0 Å². The van der Waals surface area contributed by atoms with Gasteiger partial charge in [0.15, 0.2) is 5.65 Å². The number of hydrogen-bond donors (Lipinski definition) is 0. The van der Waals surface area contributed by atoms with Crippen molar-refractivity contribution in [2.45, 2.75) is 19.4 Å². The van der Waals surface area contributed by atoms with Crippen LogP contribution in [0, 0.1) is 6.92 Å². The molecule has 0 saturated carbocycles. The van der Waals surface area contributed by atoms with Crippen LogP contribution in [0.4, 0.5) is 5.82 Å². The van der Waals surface area contributed by atoms with Gasteiger partial charge in [-0.05, 0) is 29.3 Å². The molecule has 0 aromatic carbocycles. The Morgan fingerprint density at radius 3 is 3.05 bits per heavy atom. The van der Waals surface area contributed by atoms with E-state index in [1.165, 1.54) is 0 Å². The molecule has 0 spiro atoms. The second-order valence-electron chi connectivity index (χ2n) is 5.38. The first-order valence-corrected chi connectivity index (χ1v) is 7.76. The molecule has 1 aliphatic rings. The van der Waals surface area contributed by atoms with Gasteiger partial charge in [0.1, 0.15) is 5.82 Å². The van der Waals surface area contributed by atoms with Crippen molar-refractivity contribution in [1.29, 1.82) is 0 Å². The number of hydrogen-bond acceptors (Lipinski definition) is 4. The maximum absolute atomic E-state index is 4.50. The van der Waals surface area contributed by atoms with Crippen LogP contribution in [0.5, 0.6) is 0 Å². The van der Waals surface area contributed by atoms with Crippen molar-refractivity contribution in [1.82, 2.24) is 24.4 Å². The lowest BCUT2D eigenvalue weighted by atomic mass is 10.3. The molecule has 0 aliphatic carbocycles. The number of anilines is 1. The predicted octanol–water partition coefficient (Wildman–Crippen LogP) is 2.45. The molecular formula is C14H15BrN6. The van der Waals surface area contributed by atoms with E-state index < -0.39 is 0 Å². The lowest BCUT2D eigenvalue weighted by molar-refractivity contribution is 0.494. The summed E-state index contributed by atoms with van der Waals surface area (Å²) >= 11 is 3.46. The first-order valence-electron chi connectivity index (χ1n) is 6.97. The Morgan fingerprint density at radius 2 is 2.24 bits per heavy atom. The average Bonchev–Trinajstić information content (AvgIpc) is 3.15. The second kappa shape index (κ2) is 4.84. The zero-order valence-electron chi connectivity index (χ0n) is 11.6. The van der Waals surface area contributed by atoms with Gasteiger partial charge < -0.3 is 4.90 Å². The van der Waals surface area contributed by atoms with Crippen LogP contribution in [0.1, 0.15) is 18.2 Å². The third-order valence-electron chi connectivity index (χ3n) is 3.90. The summed E-state index contributed by atoms with van der Waals surface area (Å²) in [6.07, 6.45) is 6.75. The van der Waals surface area contributed by atoms with Gasteiger partial charge in [-0.1, -0.05) is 0 Å². The zero-order valence-corrected chi connectivity index (χ0v) is 13.2. The summed E-state index contributed by atoms with van der Waals surface area (Å²) in [5, 5.41) is 8.79. The molecular weight excluding hydrogens is 332 g/mol. The predicted molar refractivity (Wildman–Crippen MR) is 83.5 cm³/mol. The molecule has 0 N–H and O–H groups in total. The van der Waals surface area contributed by atoms with Gasteiger partial charge in [0.05, 0.1) is 22.9 Å². The number of halogens is 1. The quantitative estimate of drug-likeness (QED) is 0.715. The van der Waals surface area contributed by atoms with Gasteiger partial charge in [-0.3, -0.25) is 4.68 Å². The Bertz CT molecular complexity index is 792. The van der Waals surface area contributed by atoms with Gasteiger partial charge >= 0.3 is 0 Å². The van der Waals surface area contributed by atoms with Crippen molar-refractivity contribution in [3.05, 3.63) is 40.9 Å². The standard InChI is InChI=1S/C14H15BrN6/c1-10-6-14(21-13(18-10)2-4-16-21)19-5-3-12(9-19)20-8-11(15)7-17-20/h2,4,6-8,12H,3,5,9H2,1H3. The fourth-order valence-electron chi connectivity index (χ4n) is 2.92. The summed E-state index contributed by atoms with van der Waals surface area (Å²) in [6.45, 7) is 3.96. The van der Waals surface area contributed by atoms with Crippen LogP contribution < -0.4 is 4.90 Å². The first-order chi connectivity index (χ1) is 10.2. The topological polar surface area (TPSA) is 51.2 Å². The normalized spacial score (nSPS) is 18.8. The highest BCUT2D eigenvalue weighted by Crippen LogP contribution is 2.27. The van der Waals surface area contributed by atoms with Crippen molar-refractivity contribution in [2.75, 3.05) is 18.0 Å². The SMILES string of the molecule is Cc1cc(N2CCC(n3cc(Br)cn3)C2)n2nccc2n1. The van der Waals surface area contributed by atoms with E-state index in [2.05, 4.69) is 42.1 Å². The summed E-state index contributed by atoms with van der Waals surface area (Å²) in [6, 6.07) is 4.44. The van der Waals surface area contributed by atoms with E-state index >= 15 is 0 Å². The minimum absolute atomic E-state index is 0.399. The molecule has 3 aromatic heterocycles. The van der Waals surface area contributed by atoms with Crippen molar-refractivity contribution in [2.24, 2.45) is 0 Å². The molecule has 1 fully saturated rings. The van der Waals surface area contributed by atoms with Gasteiger partial charge in [0, 0.05) is 37.1 Å². The number of nitrogens with zero attached hydrogens (tertiary/aromatic N) is 6. The van der Waals surface area contributed by atoms with E-state index in [1.54, 1.807) is 6.20 Å².